The summed E-state index contributed by atoms with van der Waals surface area (Å²) in [5.74, 6) is 0.830. The smallest absolute Gasteiger partial charge is 0.119 e. The van der Waals surface area contributed by atoms with Crippen LogP contribution in [-0.2, 0) is 0 Å². The zero-order chi connectivity index (χ0) is 14.2. The first kappa shape index (κ1) is 14.8. The first-order chi connectivity index (χ1) is 9.83. The third-order valence-corrected chi connectivity index (χ3v) is 3.88. The number of hydrogen-bond donors (Lipinski definition) is 1. The maximum Gasteiger partial charge on any atom is 0.119 e. The van der Waals surface area contributed by atoms with Crippen molar-refractivity contribution in [3.05, 3.63) is 29.8 Å². The first-order valence-corrected chi connectivity index (χ1v) is 7.40. The van der Waals surface area contributed by atoms with E-state index in [1.54, 1.807) is 12.1 Å². The van der Waals surface area contributed by atoms with Crippen LogP contribution in [0.25, 0.3) is 0 Å². The number of ether oxygens (including phenoxy) is 1. The van der Waals surface area contributed by atoms with Crippen LogP contribution in [0.2, 0.25) is 0 Å². The van der Waals surface area contributed by atoms with E-state index in [9.17, 15) is 0 Å². The summed E-state index contributed by atoms with van der Waals surface area (Å²) >= 11 is 0. The number of piperidine rings is 1. The van der Waals surface area contributed by atoms with Gasteiger partial charge in [-0.2, -0.15) is 5.26 Å². The van der Waals surface area contributed by atoms with E-state index in [0.29, 0.717) is 18.2 Å². The van der Waals surface area contributed by atoms with Gasteiger partial charge >= 0.3 is 0 Å². The van der Waals surface area contributed by atoms with Crippen LogP contribution in [0.3, 0.4) is 0 Å². The predicted molar refractivity (Wildman–Crippen MR) is 79.5 cm³/mol. The molecule has 4 heteroatoms. The molecule has 1 aliphatic rings. The van der Waals surface area contributed by atoms with Crippen molar-refractivity contribution in [2.45, 2.75) is 31.7 Å². The average Bonchev–Trinajstić information content (AvgIpc) is 2.50. The van der Waals surface area contributed by atoms with Crippen LogP contribution in [0.5, 0.6) is 5.75 Å². The fourth-order valence-electron chi connectivity index (χ4n) is 2.78. The Labute approximate surface area is 121 Å². The Morgan fingerprint density at radius 2 is 2.10 bits per heavy atom. The second kappa shape index (κ2) is 7.88. The van der Waals surface area contributed by atoms with Crippen molar-refractivity contribution >= 4 is 0 Å². The van der Waals surface area contributed by atoms with Crippen molar-refractivity contribution in [3.8, 4) is 11.8 Å². The van der Waals surface area contributed by atoms with Crippen LogP contribution in [0, 0.1) is 11.3 Å². The molecule has 0 saturated carbocycles. The highest BCUT2D eigenvalue weighted by Gasteiger charge is 2.21. The van der Waals surface area contributed by atoms with Crippen LogP contribution in [-0.4, -0.2) is 37.2 Å². The van der Waals surface area contributed by atoms with E-state index in [0.717, 1.165) is 31.8 Å². The van der Waals surface area contributed by atoms with E-state index in [1.165, 1.54) is 19.3 Å². The van der Waals surface area contributed by atoms with Gasteiger partial charge in [0.15, 0.2) is 0 Å². The molecule has 1 heterocycles. The van der Waals surface area contributed by atoms with Crippen molar-refractivity contribution < 1.29 is 4.74 Å². The average molecular weight is 273 g/mol. The predicted octanol–water partition coefficient (Wildman–Crippen LogP) is 2.14. The molecule has 0 radical (unpaired) electrons. The quantitative estimate of drug-likeness (QED) is 0.862. The highest BCUT2D eigenvalue weighted by molar-refractivity contribution is 5.34. The van der Waals surface area contributed by atoms with E-state index in [1.807, 2.05) is 12.1 Å². The molecular weight excluding hydrogens is 250 g/mol. The molecule has 2 N–H and O–H groups in total. The molecular formula is C16H23N3O. The van der Waals surface area contributed by atoms with Gasteiger partial charge in [0.1, 0.15) is 12.4 Å². The number of likely N-dealkylation sites (tertiary alicyclic amines) is 1. The molecule has 2 rings (SSSR count). The fourth-order valence-corrected chi connectivity index (χ4v) is 2.78. The molecule has 0 bridgehead atoms. The highest BCUT2D eigenvalue weighted by Crippen LogP contribution is 2.19. The number of nitrogens with zero attached hydrogens (tertiary/aromatic N) is 2. The van der Waals surface area contributed by atoms with Gasteiger partial charge in [-0.1, -0.05) is 6.42 Å². The van der Waals surface area contributed by atoms with Gasteiger partial charge in [-0.3, -0.25) is 4.90 Å². The summed E-state index contributed by atoms with van der Waals surface area (Å²) in [6, 6.07) is 10.0. The fraction of sp³-hybridized carbons (Fsp3) is 0.562. The Hall–Kier alpha value is -1.57. The summed E-state index contributed by atoms with van der Waals surface area (Å²) < 4.78 is 5.75. The van der Waals surface area contributed by atoms with Gasteiger partial charge < -0.3 is 10.5 Å². The van der Waals surface area contributed by atoms with Crippen LogP contribution >= 0.6 is 0 Å². The summed E-state index contributed by atoms with van der Waals surface area (Å²) in [6.07, 6.45) is 4.93. The molecule has 108 valence electrons. The van der Waals surface area contributed by atoms with Crippen LogP contribution in [0.15, 0.2) is 24.3 Å². The lowest BCUT2D eigenvalue weighted by Crippen LogP contribution is -2.42. The zero-order valence-corrected chi connectivity index (χ0v) is 11.9. The second-order valence-corrected chi connectivity index (χ2v) is 5.25. The summed E-state index contributed by atoms with van der Waals surface area (Å²) in [6.45, 7) is 3.55. The largest absolute Gasteiger partial charge is 0.492 e. The lowest BCUT2D eigenvalue weighted by molar-refractivity contribution is 0.118. The Morgan fingerprint density at radius 1 is 1.30 bits per heavy atom. The number of benzene rings is 1. The molecule has 0 aromatic heterocycles. The van der Waals surface area contributed by atoms with Gasteiger partial charge in [-0.25, -0.2) is 0 Å². The number of nitrogens with two attached hydrogens (primary N) is 1. The van der Waals surface area contributed by atoms with Gasteiger partial charge in [0.2, 0.25) is 0 Å². The number of nitriles is 1. The SMILES string of the molecule is N#Cc1ccc(OCCN2CCCCC2CCN)cc1. The molecule has 0 spiro atoms. The van der Waals surface area contributed by atoms with E-state index in [4.69, 9.17) is 15.7 Å². The molecule has 1 aliphatic heterocycles. The van der Waals surface area contributed by atoms with Crippen molar-refractivity contribution in [1.29, 1.82) is 5.26 Å². The second-order valence-electron chi connectivity index (χ2n) is 5.25. The van der Waals surface area contributed by atoms with Crippen LogP contribution in [0.4, 0.5) is 0 Å². The molecule has 1 unspecified atom stereocenters. The van der Waals surface area contributed by atoms with Gasteiger partial charge in [0, 0.05) is 12.6 Å². The highest BCUT2D eigenvalue weighted by atomic mass is 16.5. The van der Waals surface area contributed by atoms with Crippen LogP contribution < -0.4 is 10.5 Å². The molecule has 1 saturated heterocycles. The van der Waals surface area contributed by atoms with E-state index in [2.05, 4.69) is 11.0 Å². The van der Waals surface area contributed by atoms with Crippen molar-refractivity contribution in [3.63, 3.8) is 0 Å². The normalized spacial score (nSPS) is 19.5. The van der Waals surface area contributed by atoms with E-state index in [-0.39, 0.29) is 0 Å². The number of hydrogen-bond acceptors (Lipinski definition) is 4. The maximum atomic E-state index is 8.75. The van der Waals surface area contributed by atoms with Gasteiger partial charge in [-0.15, -0.1) is 0 Å². The molecule has 0 aliphatic carbocycles. The van der Waals surface area contributed by atoms with Crippen molar-refractivity contribution in [1.82, 2.24) is 4.90 Å². The lowest BCUT2D eigenvalue weighted by Gasteiger charge is -2.35. The minimum atomic E-state index is 0.623. The van der Waals surface area contributed by atoms with E-state index < -0.39 is 0 Å². The minimum absolute atomic E-state index is 0.623. The molecule has 0 amide bonds. The molecule has 4 nitrogen and oxygen atoms in total. The van der Waals surface area contributed by atoms with Gasteiger partial charge in [0.25, 0.3) is 0 Å². The van der Waals surface area contributed by atoms with Crippen molar-refractivity contribution in [2.75, 3.05) is 26.2 Å². The maximum absolute atomic E-state index is 8.75. The Bertz CT molecular complexity index is 436. The third-order valence-electron chi connectivity index (χ3n) is 3.88. The van der Waals surface area contributed by atoms with Gasteiger partial charge in [0.05, 0.1) is 11.6 Å². The zero-order valence-electron chi connectivity index (χ0n) is 11.9. The molecule has 20 heavy (non-hydrogen) atoms. The Kier molecular flexibility index (Phi) is 5.85. The Balaban J connectivity index is 1.77. The van der Waals surface area contributed by atoms with Crippen molar-refractivity contribution in [2.24, 2.45) is 5.73 Å². The van der Waals surface area contributed by atoms with E-state index >= 15 is 0 Å². The standard InChI is InChI=1S/C16H23N3O/c17-9-8-15-3-1-2-10-19(15)11-12-20-16-6-4-14(13-18)5-7-16/h4-7,15H,1-3,8-12,17H2. The molecule has 1 atom stereocenters. The number of rotatable bonds is 6. The van der Waals surface area contributed by atoms with Gasteiger partial charge in [-0.05, 0) is 56.6 Å². The molecule has 1 aromatic rings. The first-order valence-electron chi connectivity index (χ1n) is 7.40. The molecule has 1 aromatic carbocycles. The minimum Gasteiger partial charge on any atom is -0.492 e. The summed E-state index contributed by atoms with van der Waals surface area (Å²) in [5, 5.41) is 8.75. The molecule has 1 fully saturated rings. The topological polar surface area (TPSA) is 62.3 Å². The lowest BCUT2D eigenvalue weighted by atomic mass is 9.99. The van der Waals surface area contributed by atoms with Crippen LogP contribution in [0.1, 0.15) is 31.2 Å². The Morgan fingerprint density at radius 3 is 2.80 bits per heavy atom. The summed E-state index contributed by atoms with van der Waals surface area (Å²) in [5.41, 5.74) is 6.35. The summed E-state index contributed by atoms with van der Waals surface area (Å²) in [7, 11) is 0. The third kappa shape index (κ3) is 4.22. The summed E-state index contributed by atoms with van der Waals surface area (Å²) in [4.78, 5) is 2.50. The monoisotopic (exact) mass is 273 g/mol.